The molecule has 2 fully saturated rings. The van der Waals surface area contributed by atoms with Gasteiger partial charge in [-0.25, -0.2) is 19.4 Å². The van der Waals surface area contributed by atoms with E-state index < -0.39 is 0 Å². The standard InChI is InChI=1S/C35H37N7O3/c36-33-31-32(26-11-17-30(18-12-26)45-29-9-5-2-6-10-29)39-42(34(31)38-24-37-33)28-15-13-27(14-16-28)40-19-21-41(22-20-40)35(43)44-23-25-7-3-1-4-8-25/h1-12,17-18,24,27-28H,13-16,19-23H2,(H2,36,37,38). The van der Waals surface area contributed by atoms with E-state index in [2.05, 4.69) is 19.5 Å². The Morgan fingerprint density at radius 3 is 2.13 bits per heavy atom. The van der Waals surface area contributed by atoms with Crippen LogP contribution >= 0.6 is 0 Å². The molecule has 0 atom stereocenters. The molecular formula is C35H37N7O3. The Balaban J connectivity index is 0.982. The van der Waals surface area contributed by atoms with Crippen LogP contribution in [0, 0.1) is 0 Å². The molecule has 0 radical (unpaired) electrons. The van der Waals surface area contributed by atoms with Crippen molar-refractivity contribution in [1.29, 1.82) is 0 Å². The zero-order chi connectivity index (χ0) is 30.6. The first-order chi connectivity index (χ1) is 22.1. The number of hydrogen-bond donors (Lipinski definition) is 1. The average Bonchev–Trinajstić information content (AvgIpc) is 3.50. The van der Waals surface area contributed by atoms with E-state index in [1.54, 1.807) is 0 Å². The van der Waals surface area contributed by atoms with E-state index in [1.807, 2.05) is 89.8 Å². The summed E-state index contributed by atoms with van der Waals surface area (Å²) in [5.74, 6) is 1.97. The molecule has 1 aliphatic heterocycles. The normalized spacial score (nSPS) is 19.0. The number of hydrogen-bond acceptors (Lipinski definition) is 8. The molecule has 230 valence electrons. The van der Waals surface area contributed by atoms with Crippen molar-refractivity contribution in [2.45, 2.75) is 44.4 Å². The Labute approximate surface area is 262 Å². The summed E-state index contributed by atoms with van der Waals surface area (Å²) in [5, 5.41) is 5.87. The van der Waals surface area contributed by atoms with E-state index in [0.29, 0.717) is 31.6 Å². The summed E-state index contributed by atoms with van der Waals surface area (Å²) in [4.78, 5) is 25.9. The van der Waals surface area contributed by atoms with E-state index in [1.165, 1.54) is 6.33 Å². The molecule has 2 aliphatic rings. The number of fused-ring (bicyclic) bond motifs is 1. The zero-order valence-corrected chi connectivity index (χ0v) is 25.2. The topological polar surface area (TPSA) is 112 Å². The van der Waals surface area contributed by atoms with Crippen molar-refractivity contribution in [3.8, 4) is 22.8 Å². The van der Waals surface area contributed by atoms with Crippen molar-refractivity contribution in [3.63, 3.8) is 0 Å². The molecular weight excluding hydrogens is 566 g/mol. The Bertz CT molecular complexity index is 1730. The predicted octanol–water partition coefficient (Wildman–Crippen LogP) is 6.31. The number of carbonyl (C=O) groups excluding carboxylic acids is 1. The molecule has 0 unspecified atom stereocenters. The van der Waals surface area contributed by atoms with Crippen LogP contribution in [0.5, 0.6) is 11.5 Å². The first-order valence-electron chi connectivity index (χ1n) is 15.6. The minimum Gasteiger partial charge on any atom is -0.457 e. The lowest BCUT2D eigenvalue weighted by molar-refractivity contribution is 0.0492. The van der Waals surface area contributed by atoms with Gasteiger partial charge in [-0.2, -0.15) is 5.10 Å². The van der Waals surface area contributed by atoms with Gasteiger partial charge in [-0.15, -0.1) is 0 Å². The van der Waals surface area contributed by atoms with Crippen LogP contribution in [-0.2, 0) is 11.3 Å². The van der Waals surface area contributed by atoms with Gasteiger partial charge in [0, 0.05) is 37.8 Å². The Morgan fingerprint density at radius 1 is 0.778 bits per heavy atom. The zero-order valence-electron chi connectivity index (χ0n) is 25.2. The number of anilines is 1. The van der Waals surface area contributed by atoms with Crippen LogP contribution in [0.2, 0.25) is 0 Å². The summed E-state index contributed by atoms with van der Waals surface area (Å²) in [6.45, 7) is 3.40. The summed E-state index contributed by atoms with van der Waals surface area (Å²) in [7, 11) is 0. The monoisotopic (exact) mass is 603 g/mol. The number of rotatable bonds is 7. The number of nitrogens with zero attached hydrogens (tertiary/aromatic N) is 6. The molecule has 0 bridgehead atoms. The predicted molar refractivity (Wildman–Crippen MR) is 173 cm³/mol. The van der Waals surface area contributed by atoms with Crippen LogP contribution < -0.4 is 10.5 Å². The summed E-state index contributed by atoms with van der Waals surface area (Å²) in [5.41, 5.74) is 9.89. The fourth-order valence-electron chi connectivity index (χ4n) is 6.51. The molecule has 1 aliphatic carbocycles. The summed E-state index contributed by atoms with van der Waals surface area (Å²) >= 11 is 0. The average molecular weight is 604 g/mol. The van der Waals surface area contributed by atoms with Crippen LogP contribution in [0.4, 0.5) is 10.6 Å². The van der Waals surface area contributed by atoms with Crippen LogP contribution in [-0.4, -0.2) is 67.9 Å². The number of benzene rings is 3. The van der Waals surface area contributed by atoms with Crippen molar-refractivity contribution in [3.05, 3.63) is 96.8 Å². The van der Waals surface area contributed by atoms with Gasteiger partial charge in [-0.3, -0.25) is 4.90 Å². The molecule has 45 heavy (non-hydrogen) atoms. The molecule has 5 aromatic rings. The molecule has 3 heterocycles. The van der Waals surface area contributed by atoms with E-state index in [4.69, 9.17) is 20.3 Å². The molecule has 1 saturated carbocycles. The van der Waals surface area contributed by atoms with Gasteiger partial charge in [-0.1, -0.05) is 48.5 Å². The third-order valence-corrected chi connectivity index (χ3v) is 8.93. The molecule has 2 N–H and O–H groups in total. The molecule has 2 aromatic heterocycles. The maximum atomic E-state index is 12.6. The third kappa shape index (κ3) is 6.32. The highest BCUT2D eigenvalue weighted by atomic mass is 16.6. The number of nitrogens with two attached hydrogens (primary N) is 1. The smallest absolute Gasteiger partial charge is 0.410 e. The molecule has 0 spiro atoms. The van der Waals surface area contributed by atoms with Gasteiger partial charge in [0.15, 0.2) is 5.65 Å². The lowest BCUT2D eigenvalue weighted by atomic mass is 9.90. The Kier molecular flexibility index (Phi) is 8.29. The van der Waals surface area contributed by atoms with Crippen molar-refractivity contribution in [2.75, 3.05) is 31.9 Å². The molecule has 7 rings (SSSR count). The lowest BCUT2D eigenvalue weighted by Gasteiger charge is -2.41. The van der Waals surface area contributed by atoms with E-state index in [9.17, 15) is 4.79 Å². The third-order valence-electron chi connectivity index (χ3n) is 8.93. The second-order valence-corrected chi connectivity index (χ2v) is 11.7. The second kappa shape index (κ2) is 13.0. The van der Waals surface area contributed by atoms with E-state index in [0.717, 1.165) is 78.1 Å². The number of ether oxygens (including phenoxy) is 2. The number of nitrogen functional groups attached to an aromatic ring is 1. The van der Waals surface area contributed by atoms with Gasteiger partial charge in [0.05, 0.1) is 11.4 Å². The van der Waals surface area contributed by atoms with Crippen molar-refractivity contribution in [1.82, 2.24) is 29.5 Å². The van der Waals surface area contributed by atoms with Gasteiger partial charge < -0.3 is 20.1 Å². The van der Waals surface area contributed by atoms with Gasteiger partial charge >= 0.3 is 6.09 Å². The highest BCUT2D eigenvalue weighted by molar-refractivity contribution is 5.98. The number of aromatic nitrogens is 4. The van der Waals surface area contributed by atoms with Crippen LogP contribution in [0.3, 0.4) is 0 Å². The Morgan fingerprint density at radius 2 is 1.42 bits per heavy atom. The minimum absolute atomic E-state index is 0.224. The van der Waals surface area contributed by atoms with E-state index in [-0.39, 0.29) is 12.1 Å². The van der Waals surface area contributed by atoms with Gasteiger partial charge in [0.2, 0.25) is 0 Å². The fraction of sp³-hybridized carbons (Fsp3) is 0.314. The summed E-state index contributed by atoms with van der Waals surface area (Å²) in [6.07, 6.45) is 5.40. The molecule has 1 saturated heterocycles. The summed E-state index contributed by atoms with van der Waals surface area (Å²) < 4.78 is 13.6. The van der Waals surface area contributed by atoms with Gasteiger partial charge in [-0.05, 0) is 67.6 Å². The quantitative estimate of drug-likeness (QED) is 0.231. The SMILES string of the molecule is Nc1ncnc2c1c(-c1ccc(Oc3ccccc3)cc1)nn2C1CCC(N2CCN(C(=O)OCc3ccccc3)CC2)CC1. The number of piperazine rings is 1. The van der Waals surface area contributed by atoms with Gasteiger partial charge in [0.1, 0.15) is 35.9 Å². The molecule has 1 amide bonds. The summed E-state index contributed by atoms with van der Waals surface area (Å²) in [6, 6.07) is 28.1. The first-order valence-corrected chi connectivity index (χ1v) is 15.6. The van der Waals surface area contributed by atoms with Gasteiger partial charge in [0.25, 0.3) is 0 Å². The van der Waals surface area contributed by atoms with E-state index >= 15 is 0 Å². The maximum absolute atomic E-state index is 12.6. The Hall–Kier alpha value is -4.96. The largest absolute Gasteiger partial charge is 0.457 e. The van der Waals surface area contributed by atoms with Crippen molar-refractivity contribution in [2.24, 2.45) is 0 Å². The maximum Gasteiger partial charge on any atom is 0.410 e. The van der Waals surface area contributed by atoms with Crippen LogP contribution in [0.15, 0.2) is 91.3 Å². The molecule has 10 nitrogen and oxygen atoms in total. The van der Waals surface area contributed by atoms with Crippen molar-refractivity contribution >= 4 is 22.9 Å². The minimum atomic E-state index is -0.233. The first kappa shape index (κ1) is 28.8. The van der Waals surface area contributed by atoms with Crippen LogP contribution in [0.25, 0.3) is 22.3 Å². The number of amides is 1. The second-order valence-electron chi connectivity index (χ2n) is 11.7. The number of para-hydroxylation sites is 1. The van der Waals surface area contributed by atoms with Crippen molar-refractivity contribution < 1.29 is 14.3 Å². The lowest BCUT2D eigenvalue weighted by Crippen LogP contribution is -2.52. The fourth-order valence-corrected chi connectivity index (χ4v) is 6.51. The molecule has 3 aromatic carbocycles. The van der Waals surface area contributed by atoms with Crippen LogP contribution in [0.1, 0.15) is 37.3 Å². The number of carbonyl (C=O) groups is 1. The highest BCUT2D eigenvalue weighted by Gasteiger charge is 2.32. The molecule has 10 heteroatoms. The highest BCUT2D eigenvalue weighted by Crippen LogP contribution is 2.37.